The molecule has 74 valence electrons. The lowest BCUT2D eigenvalue weighted by Crippen LogP contribution is -2.65. The Balaban J connectivity index is 4.95. The van der Waals surface area contributed by atoms with Gasteiger partial charge in [-0.25, -0.2) is 0 Å². The molecule has 12 heavy (non-hydrogen) atoms. The molecule has 0 saturated heterocycles. The van der Waals surface area contributed by atoms with Gasteiger partial charge in [-0.2, -0.15) is 0 Å². The van der Waals surface area contributed by atoms with Gasteiger partial charge in [-0.05, 0) is 26.2 Å². The molecule has 0 aromatic carbocycles. The van der Waals surface area contributed by atoms with E-state index in [-0.39, 0.29) is 0 Å². The number of rotatable bonds is 3. The van der Waals surface area contributed by atoms with Gasteiger partial charge in [-0.15, -0.1) is 11.7 Å². The molecule has 0 aliphatic carbocycles. The van der Waals surface area contributed by atoms with Crippen molar-refractivity contribution in [3.63, 3.8) is 0 Å². The fraction of sp³-hybridized carbons (Fsp3) is 1.00. The van der Waals surface area contributed by atoms with Gasteiger partial charge in [0.25, 0.3) is 0 Å². The smallest absolute Gasteiger partial charge is 0.198 e. The highest BCUT2D eigenvalue weighted by molar-refractivity contribution is 8.70. The average Bonchev–Trinajstić information content (AvgIpc) is 1.81. The van der Waals surface area contributed by atoms with Crippen molar-refractivity contribution in [1.29, 1.82) is 0 Å². The molecule has 0 rings (SSSR count). The first kappa shape index (κ1) is 13.1. The molecule has 0 saturated carbocycles. The minimum atomic E-state index is -2.35. The maximum Gasteiger partial charge on any atom is 0.198 e. The van der Waals surface area contributed by atoms with E-state index >= 15 is 0 Å². The fourth-order valence-electron chi connectivity index (χ4n) is 0.972. The Bertz CT molecular complexity index is 148. The molecule has 0 aromatic rings. The lowest BCUT2D eigenvalue weighted by Gasteiger charge is -2.43. The van der Waals surface area contributed by atoms with E-state index in [4.69, 9.17) is 0 Å². The highest BCUT2D eigenvalue weighted by Crippen LogP contribution is 2.41. The van der Waals surface area contributed by atoms with E-state index in [1.165, 1.54) is 10.8 Å². The summed E-state index contributed by atoms with van der Waals surface area (Å²) >= 11 is 4.15. The molecule has 0 aromatic heterocycles. The molecule has 2 N–H and O–H groups in total. The summed E-state index contributed by atoms with van der Waals surface area (Å²) in [7, 11) is -3.39. The normalized spacial score (nSPS) is 15.0. The van der Waals surface area contributed by atoms with Gasteiger partial charge in [0.15, 0.2) is 16.6 Å². The largest absolute Gasteiger partial charge is 0.431 e. The molecule has 0 bridgehead atoms. The second-order valence-electron chi connectivity index (χ2n) is 4.24. The van der Waals surface area contributed by atoms with Gasteiger partial charge in [0, 0.05) is 0 Å². The zero-order valence-corrected chi connectivity index (χ0v) is 12.0. The van der Waals surface area contributed by atoms with Crippen LogP contribution in [0.4, 0.5) is 0 Å². The lowest BCUT2D eigenvalue weighted by atomic mass is 10.9. The Labute approximate surface area is 85.8 Å². The molecule has 0 amide bonds. The van der Waals surface area contributed by atoms with E-state index in [0.717, 1.165) is 0 Å². The monoisotopic (exact) mass is 242 g/mol. The van der Waals surface area contributed by atoms with Crippen LogP contribution in [0.3, 0.4) is 0 Å². The summed E-state index contributed by atoms with van der Waals surface area (Å²) in [6, 6.07) is 0. The molecule has 0 radical (unpaired) electrons. The van der Waals surface area contributed by atoms with Gasteiger partial charge in [0.05, 0.1) is 3.99 Å². The van der Waals surface area contributed by atoms with Crippen LogP contribution in [0.15, 0.2) is 0 Å². The maximum absolute atomic E-state index is 10.0. The van der Waals surface area contributed by atoms with Crippen LogP contribution in [0.25, 0.3) is 0 Å². The highest BCUT2D eigenvalue weighted by atomic mass is 33.1. The molecular weight excluding hydrogens is 224 g/mol. The van der Waals surface area contributed by atoms with Crippen molar-refractivity contribution >= 4 is 39.1 Å². The van der Waals surface area contributed by atoms with Crippen LogP contribution in [0.2, 0.25) is 26.2 Å². The van der Waals surface area contributed by atoms with Crippen LogP contribution < -0.4 is 0 Å². The molecule has 2 nitrogen and oxygen atoms in total. The first-order chi connectivity index (χ1) is 5.06. The van der Waals surface area contributed by atoms with Gasteiger partial charge in [0.2, 0.25) is 0 Å². The quantitative estimate of drug-likeness (QED) is 0.401. The summed E-state index contributed by atoms with van der Waals surface area (Å²) in [6.45, 7) is 9.31. The van der Waals surface area contributed by atoms with Crippen molar-refractivity contribution in [3.05, 3.63) is 0 Å². The molecule has 0 atom stereocenters. The molecular formula is C6H18O2S2Si2. The van der Waals surface area contributed by atoms with Crippen LogP contribution in [0.1, 0.15) is 6.92 Å². The van der Waals surface area contributed by atoms with Gasteiger partial charge >= 0.3 is 0 Å². The topological polar surface area (TPSA) is 40.5 Å². The second-order valence-corrected chi connectivity index (χ2v) is 15.3. The standard InChI is InChI=1S/C6H18O2S2Si2/c1-6(10-9,11(2,3)7)12(4,5)8/h7-9H,1-5H3. The van der Waals surface area contributed by atoms with Gasteiger partial charge in [0.1, 0.15) is 0 Å². The minimum absolute atomic E-state index is 0.414. The summed E-state index contributed by atoms with van der Waals surface area (Å²) in [5.41, 5.74) is 0. The van der Waals surface area contributed by atoms with Crippen molar-refractivity contribution in [2.75, 3.05) is 0 Å². The fourth-order valence-corrected chi connectivity index (χ4v) is 12.8. The Hall–Kier alpha value is 1.05. The van der Waals surface area contributed by atoms with Gasteiger partial charge < -0.3 is 9.59 Å². The van der Waals surface area contributed by atoms with Crippen molar-refractivity contribution in [1.82, 2.24) is 0 Å². The summed E-state index contributed by atoms with van der Waals surface area (Å²) in [5, 5.41) is 0. The van der Waals surface area contributed by atoms with E-state index in [2.05, 4.69) is 11.7 Å². The molecule has 6 heteroatoms. The van der Waals surface area contributed by atoms with E-state index < -0.39 is 20.6 Å². The Kier molecular flexibility index (Phi) is 3.98. The Morgan fingerprint density at radius 1 is 1.08 bits per heavy atom. The summed E-state index contributed by atoms with van der Waals surface area (Å²) in [6.07, 6.45) is 0. The highest BCUT2D eigenvalue weighted by Gasteiger charge is 2.54. The van der Waals surface area contributed by atoms with Crippen molar-refractivity contribution in [2.45, 2.75) is 37.1 Å². The summed E-state index contributed by atoms with van der Waals surface area (Å²) in [5.74, 6) is 0. The van der Waals surface area contributed by atoms with E-state index in [0.29, 0.717) is 0 Å². The first-order valence-corrected chi connectivity index (χ1v) is 11.6. The van der Waals surface area contributed by atoms with E-state index in [1.807, 2.05) is 33.1 Å². The average molecular weight is 243 g/mol. The molecule has 0 unspecified atom stereocenters. The van der Waals surface area contributed by atoms with Crippen molar-refractivity contribution in [2.24, 2.45) is 0 Å². The zero-order chi connectivity index (χ0) is 10.2. The number of hydrogen-bond acceptors (Lipinski definition) is 4. The third kappa shape index (κ3) is 2.30. The molecule has 0 aliphatic heterocycles. The number of hydrogen-bond donors (Lipinski definition) is 3. The predicted octanol–water partition coefficient (Wildman–Crippen LogP) is 1.80. The zero-order valence-electron chi connectivity index (χ0n) is 8.25. The lowest BCUT2D eigenvalue weighted by molar-refractivity contribution is 0.501. The predicted molar refractivity (Wildman–Crippen MR) is 64.4 cm³/mol. The minimum Gasteiger partial charge on any atom is -0.431 e. The Morgan fingerprint density at radius 3 is 1.33 bits per heavy atom. The molecule has 0 fully saturated rings. The molecule has 0 spiro atoms. The van der Waals surface area contributed by atoms with Crippen LogP contribution in [-0.4, -0.2) is 30.2 Å². The third-order valence-electron chi connectivity index (χ3n) is 2.52. The van der Waals surface area contributed by atoms with Crippen molar-refractivity contribution in [3.8, 4) is 0 Å². The summed E-state index contributed by atoms with van der Waals surface area (Å²) < 4.78 is -0.414. The first-order valence-electron chi connectivity index (χ1n) is 3.83. The second kappa shape index (κ2) is 3.66. The summed E-state index contributed by atoms with van der Waals surface area (Å²) in [4.78, 5) is 20.0. The van der Waals surface area contributed by atoms with Crippen molar-refractivity contribution < 1.29 is 9.59 Å². The van der Waals surface area contributed by atoms with Gasteiger partial charge in [-0.1, -0.05) is 17.7 Å². The van der Waals surface area contributed by atoms with Crippen LogP contribution in [0, 0.1) is 0 Å². The van der Waals surface area contributed by atoms with Crippen LogP contribution >= 0.6 is 22.5 Å². The van der Waals surface area contributed by atoms with Gasteiger partial charge in [-0.3, -0.25) is 0 Å². The Morgan fingerprint density at radius 2 is 1.33 bits per heavy atom. The van der Waals surface area contributed by atoms with Crippen LogP contribution in [0.5, 0.6) is 0 Å². The number of thiol groups is 1. The third-order valence-corrected chi connectivity index (χ3v) is 17.0. The molecule has 0 aliphatic rings. The maximum atomic E-state index is 10.0. The van der Waals surface area contributed by atoms with Crippen LogP contribution in [-0.2, 0) is 0 Å². The SMILES string of the molecule is CC(SS)([Si](C)(C)O)[Si](C)(C)O. The molecule has 0 heterocycles. The van der Waals surface area contributed by atoms with E-state index in [9.17, 15) is 9.59 Å². The van der Waals surface area contributed by atoms with E-state index in [1.54, 1.807) is 0 Å².